The topological polar surface area (TPSA) is 96.0 Å². The van der Waals surface area contributed by atoms with Gasteiger partial charge in [0.15, 0.2) is 5.43 Å². The molecule has 1 N–H and O–H groups in total. The number of aromatic nitrogens is 1. The molecule has 0 amide bonds. The van der Waals surface area contributed by atoms with Gasteiger partial charge in [-0.05, 0) is 6.07 Å². The molecule has 1 aromatic carbocycles. The zero-order chi connectivity index (χ0) is 11.0. The summed E-state index contributed by atoms with van der Waals surface area (Å²) in [6, 6.07) is 5.04. The second-order valence-corrected chi connectivity index (χ2v) is 3.01. The maximum atomic E-state index is 11.4. The number of fused-ring (bicyclic) bond motifs is 1. The van der Waals surface area contributed by atoms with Crippen molar-refractivity contribution in [2.45, 2.75) is 0 Å². The van der Waals surface area contributed by atoms with Gasteiger partial charge in [-0.1, -0.05) is 17.9 Å². The van der Waals surface area contributed by atoms with E-state index in [2.05, 4.69) is 4.98 Å². The number of benzene rings is 1. The van der Waals surface area contributed by atoms with E-state index in [9.17, 15) is 19.8 Å². The monoisotopic (exact) mass is 203 g/mol. The molecule has 5 heteroatoms. The third kappa shape index (κ3) is 1.43. The van der Waals surface area contributed by atoms with Crippen molar-refractivity contribution in [3.8, 4) is 5.75 Å². The van der Waals surface area contributed by atoms with Crippen LogP contribution in [0, 0.1) is 0 Å². The first-order valence-corrected chi connectivity index (χ1v) is 4.14. The highest BCUT2D eigenvalue weighted by atomic mass is 16.4. The van der Waals surface area contributed by atoms with Crippen LogP contribution in [0.1, 0.15) is 10.5 Å². The molecule has 0 unspecified atom stereocenters. The summed E-state index contributed by atoms with van der Waals surface area (Å²) >= 11 is 0. The average molecular weight is 203 g/mol. The Morgan fingerprint density at radius 2 is 2.07 bits per heavy atom. The highest BCUT2D eigenvalue weighted by Gasteiger charge is 2.02. The van der Waals surface area contributed by atoms with Gasteiger partial charge in [-0.15, -0.1) is 0 Å². The molecule has 0 spiro atoms. The Balaban J connectivity index is 2.92. The smallest absolute Gasteiger partial charge is 0.190 e. The molecule has 0 saturated carbocycles. The quantitative estimate of drug-likeness (QED) is 0.640. The van der Waals surface area contributed by atoms with Gasteiger partial charge in [0, 0.05) is 17.0 Å². The number of carbonyl (C=O) groups excluding carboxylic acids is 1. The van der Waals surface area contributed by atoms with E-state index in [4.69, 9.17) is 0 Å². The normalized spacial score (nSPS) is 10.4. The molecule has 2 rings (SSSR count). The van der Waals surface area contributed by atoms with Gasteiger partial charge in [-0.2, -0.15) is 0 Å². The Hall–Kier alpha value is -2.30. The standard InChI is InChI=1S/C10H7NO4/c12-7-3-1-2-5-8(13)4-6(10(14)15)11-9(5)7/h1-4,12H,(H,11,13)(H,14,15)/p-2. The molecule has 1 aromatic heterocycles. The van der Waals surface area contributed by atoms with Crippen molar-refractivity contribution >= 4 is 16.9 Å². The van der Waals surface area contributed by atoms with Gasteiger partial charge in [0.05, 0.1) is 11.7 Å². The van der Waals surface area contributed by atoms with Gasteiger partial charge < -0.3 is 20.0 Å². The minimum atomic E-state index is -1.52. The number of carboxylic acid groups (broad SMARTS) is 1. The lowest BCUT2D eigenvalue weighted by molar-refractivity contribution is -0.266. The number of hydrogen-bond donors (Lipinski definition) is 1. The fourth-order valence-corrected chi connectivity index (χ4v) is 1.35. The SMILES string of the molecule is O=C([O-])c1cc(=O)c2cccc([O-])c2[nH]1. The zero-order valence-corrected chi connectivity index (χ0v) is 7.44. The number of para-hydroxylation sites is 1. The summed E-state index contributed by atoms with van der Waals surface area (Å²) in [5.74, 6) is -1.94. The molecule has 76 valence electrons. The molecule has 0 aliphatic carbocycles. The molecule has 0 aliphatic rings. The molecular weight excluding hydrogens is 198 g/mol. The maximum absolute atomic E-state index is 11.4. The summed E-state index contributed by atoms with van der Waals surface area (Å²) in [6.07, 6.45) is 0. The van der Waals surface area contributed by atoms with Gasteiger partial charge in [0.1, 0.15) is 0 Å². The van der Waals surface area contributed by atoms with Crippen LogP contribution in [0.4, 0.5) is 0 Å². The van der Waals surface area contributed by atoms with Gasteiger partial charge in [0.2, 0.25) is 0 Å². The number of pyridine rings is 1. The van der Waals surface area contributed by atoms with Crippen molar-refractivity contribution < 1.29 is 15.0 Å². The van der Waals surface area contributed by atoms with Gasteiger partial charge in [-0.25, -0.2) is 0 Å². The lowest BCUT2D eigenvalue weighted by Crippen LogP contribution is -2.25. The van der Waals surface area contributed by atoms with E-state index in [0.29, 0.717) is 0 Å². The summed E-state index contributed by atoms with van der Waals surface area (Å²) in [7, 11) is 0. The summed E-state index contributed by atoms with van der Waals surface area (Å²) in [5, 5.41) is 22.0. The molecule has 0 fully saturated rings. The first-order chi connectivity index (χ1) is 7.09. The van der Waals surface area contributed by atoms with Crippen molar-refractivity contribution in [1.29, 1.82) is 0 Å². The Morgan fingerprint density at radius 1 is 1.33 bits per heavy atom. The van der Waals surface area contributed by atoms with Crippen LogP contribution in [0.5, 0.6) is 5.75 Å². The highest BCUT2D eigenvalue weighted by molar-refractivity contribution is 5.90. The van der Waals surface area contributed by atoms with E-state index in [1.54, 1.807) is 0 Å². The molecule has 15 heavy (non-hydrogen) atoms. The third-order valence-electron chi connectivity index (χ3n) is 2.05. The average Bonchev–Trinajstić information content (AvgIpc) is 2.19. The lowest BCUT2D eigenvalue weighted by atomic mass is 10.2. The zero-order valence-electron chi connectivity index (χ0n) is 7.44. The third-order valence-corrected chi connectivity index (χ3v) is 2.05. The lowest BCUT2D eigenvalue weighted by Gasteiger charge is -2.11. The Labute approximate surface area is 83.6 Å². The number of aromatic carboxylic acids is 1. The van der Waals surface area contributed by atoms with E-state index < -0.39 is 22.8 Å². The highest BCUT2D eigenvalue weighted by Crippen LogP contribution is 2.16. The van der Waals surface area contributed by atoms with Crippen LogP contribution in [-0.4, -0.2) is 11.0 Å². The predicted molar refractivity (Wildman–Crippen MR) is 48.3 cm³/mol. The summed E-state index contributed by atoms with van der Waals surface area (Å²) in [6.45, 7) is 0. The molecule has 0 atom stereocenters. The first kappa shape index (κ1) is 9.26. The number of nitrogens with one attached hydrogen (secondary N) is 1. The maximum Gasteiger partial charge on any atom is 0.190 e. The Morgan fingerprint density at radius 3 is 2.73 bits per heavy atom. The molecule has 2 aromatic rings. The van der Waals surface area contributed by atoms with Gasteiger partial charge in [-0.3, -0.25) is 4.79 Å². The minimum Gasteiger partial charge on any atom is -0.871 e. The van der Waals surface area contributed by atoms with E-state index in [0.717, 1.165) is 6.07 Å². The summed E-state index contributed by atoms with van der Waals surface area (Å²) in [5.41, 5.74) is -0.916. The number of rotatable bonds is 1. The van der Waals surface area contributed by atoms with Gasteiger partial charge >= 0.3 is 0 Å². The second kappa shape index (κ2) is 3.13. The molecule has 0 radical (unpaired) electrons. The molecule has 0 aliphatic heterocycles. The van der Waals surface area contributed by atoms with E-state index in [1.807, 2.05) is 0 Å². The fourth-order valence-electron chi connectivity index (χ4n) is 1.35. The minimum absolute atomic E-state index is 0.01000. The molecular formula is C10H5NO4-2. The van der Waals surface area contributed by atoms with Crippen LogP contribution < -0.4 is 15.6 Å². The van der Waals surface area contributed by atoms with Crippen molar-refractivity contribution in [3.05, 3.63) is 40.2 Å². The summed E-state index contributed by atoms with van der Waals surface area (Å²) < 4.78 is 0. The molecule has 1 heterocycles. The molecule has 0 saturated heterocycles. The Bertz CT molecular complexity index is 600. The van der Waals surface area contributed by atoms with Crippen molar-refractivity contribution in [1.82, 2.24) is 4.98 Å². The molecule has 5 nitrogen and oxygen atoms in total. The van der Waals surface area contributed by atoms with Crippen LogP contribution in [0.25, 0.3) is 10.9 Å². The van der Waals surface area contributed by atoms with Crippen LogP contribution in [0.15, 0.2) is 29.1 Å². The number of carbonyl (C=O) groups is 1. The van der Waals surface area contributed by atoms with Crippen LogP contribution in [0.3, 0.4) is 0 Å². The van der Waals surface area contributed by atoms with Gasteiger partial charge in [0.25, 0.3) is 0 Å². The number of hydrogen-bond acceptors (Lipinski definition) is 4. The largest absolute Gasteiger partial charge is 0.871 e. The second-order valence-electron chi connectivity index (χ2n) is 3.01. The van der Waals surface area contributed by atoms with E-state index in [-0.39, 0.29) is 10.9 Å². The predicted octanol–water partition coefficient (Wildman–Crippen LogP) is -1.03. The van der Waals surface area contributed by atoms with Crippen molar-refractivity contribution in [2.24, 2.45) is 0 Å². The van der Waals surface area contributed by atoms with Crippen molar-refractivity contribution in [2.75, 3.05) is 0 Å². The van der Waals surface area contributed by atoms with Crippen molar-refractivity contribution in [3.63, 3.8) is 0 Å². The van der Waals surface area contributed by atoms with E-state index in [1.165, 1.54) is 18.2 Å². The van der Waals surface area contributed by atoms with Crippen LogP contribution in [-0.2, 0) is 0 Å². The number of carboxylic acids is 1. The first-order valence-electron chi connectivity index (χ1n) is 4.14. The van der Waals surface area contributed by atoms with Crippen LogP contribution >= 0.6 is 0 Å². The summed E-state index contributed by atoms with van der Waals surface area (Å²) in [4.78, 5) is 24.3. The fraction of sp³-hybridized carbons (Fsp3) is 0. The van der Waals surface area contributed by atoms with E-state index >= 15 is 0 Å². The number of aromatic amines is 1. The van der Waals surface area contributed by atoms with Crippen LogP contribution in [0.2, 0.25) is 0 Å². The Kier molecular flexibility index (Phi) is 1.93. The molecule has 0 bridgehead atoms. The number of H-pyrrole nitrogens is 1.